The first-order valence-electron chi connectivity index (χ1n) is 7.17. The number of ether oxygens (including phenoxy) is 1. The molecule has 1 aromatic carbocycles. The molecule has 0 radical (unpaired) electrons. The Bertz CT molecular complexity index is 405. The van der Waals surface area contributed by atoms with Gasteiger partial charge in [-0.15, -0.1) is 0 Å². The predicted octanol–water partition coefficient (Wildman–Crippen LogP) is 3.22. The topological polar surface area (TPSA) is 21.3 Å². The van der Waals surface area contributed by atoms with Gasteiger partial charge in [-0.25, -0.2) is 0 Å². The lowest BCUT2D eigenvalue weighted by Crippen LogP contribution is -2.46. The number of hydrogen-bond donors (Lipinski definition) is 1. The molecule has 2 nitrogen and oxygen atoms in total. The van der Waals surface area contributed by atoms with Crippen LogP contribution in [0.15, 0.2) is 24.3 Å². The molecule has 1 N–H and O–H groups in total. The molecular formula is C16H23NO. The minimum Gasteiger partial charge on any atom is -0.381 e. The highest BCUT2D eigenvalue weighted by molar-refractivity contribution is 5.29. The number of nitrogens with one attached hydrogen (secondary N) is 1. The van der Waals surface area contributed by atoms with Crippen molar-refractivity contribution in [2.75, 3.05) is 13.2 Å². The molecule has 1 aliphatic carbocycles. The molecule has 0 bridgehead atoms. The molecule has 3 rings (SSSR count). The van der Waals surface area contributed by atoms with Crippen molar-refractivity contribution in [3.63, 3.8) is 0 Å². The first-order valence-corrected chi connectivity index (χ1v) is 7.17. The number of rotatable bonds is 4. The summed E-state index contributed by atoms with van der Waals surface area (Å²) in [4.78, 5) is 0. The summed E-state index contributed by atoms with van der Waals surface area (Å²) >= 11 is 0. The SMILES string of the molecule is CC1(NCc2cccc(C3CC3)c2)CCOCC1. The molecule has 2 aliphatic rings. The van der Waals surface area contributed by atoms with E-state index >= 15 is 0 Å². The van der Waals surface area contributed by atoms with Gasteiger partial charge in [-0.05, 0) is 49.7 Å². The lowest BCUT2D eigenvalue weighted by molar-refractivity contribution is 0.0446. The highest BCUT2D eigenvalue weighted by Crippen LogP contribution is 2.40. The molecule has 0 unspecified atom stereocenters. The van der Waals surface area contributed by atoms with E-state index in [0.29, 0.717) is 0 Å². The Hall–Kier alpha value is -0.860. The maximum atomic E-state index is 5.44. The quantitative estimate of drug-likeness (QED) is 0.879. The second-order valence-electron chi connectivity index (χ2n) is 6.05. The summed E-state index contributed by atoms with van der Waals surface area (Å²) in [5, 5.41) is 3.72. The zero-order valence-electron chi connectivity index (χ0n) is 11.2. The van der Waals surface area contributed by atoms with Crippen molar-refractivity contribution in [3.8, 4) is 0 Å². The van der Waals surface area contributed by atoms with Gasteiger partial charge in [0.25, 0.3) is 0 Å². The van der Waals surface area contributed by atoms with Gasteiger partial charge in [0.05, 0.1) is 0 Å². The van der Waals surface area contributed by atoms with Crippen molar-refractivity contribution in [3.05, 3.63) is 35.4 Å². The average molecular weight is 245 g/mol. The maximum Gasteiger partial charge on any atom is 0.0483 e. The van der Waals surface area contributed by atoms with Crippen LogP contribution in [-0.4, -0.2) is 18.8 Å². The third-order valence-corrected chi connectivity index (χ3v) is 4.32. The summed E-state index contributed by atoms with van der Waals surface area (Å²) in [7, 11) is 0. The molecule has 0 spiro atoms. The van der Waals surface area contributed by atoms with Gasteiger partial charge in [0.15, 0.2) is 0 Å². The molecule has 18 heavy (non-hydrogen) atoms. The smallest absolute Gasteiger partial charge is 0.0483 e. The van der Waals surface area contributed by atoms with Gasteiger partial charge < -0.3 is 10.1 Å². The van der Waals surface area contributed by atoms with E-state index in [4.69, 9.17) is 4.74 Å². The Kier molecular flexibility index (Phi) is 3.40. The molecule has 1 heterocycles. The predicted molar refractivity (Wildman–Crippen MR) is 73.7 cm³/mol. The lowest BCUT2D eigenvalue weighted by Gasteiger charge is -2.34. The molecule has 1 aromatic rings. The fourth-order valence-electron chi connectivity index (χ4n) is 2.69. The second-order valence-corrected chi connectivity index (χ2v) is 6.05. The molecule has 2 heteroatoms. The fraction of sp³-hybridized carbons (Fsp3) is 0.625. The largest absolute Gasteiger partial charge is 0.381 e. The van der Waals surface area contributed by atoms with E-state index in [0.717, 1.165) is 38.5 Å². The Morgan fingerprint density at radius 2 is 2.06 bits per heavy atom. The third-order valence-electron chi connectivity index (χ3n) is 4.32. The van der Waals surface area contributed by atoms with Gasteiger partial charge in [-0.2, -0.15) is 0 Å². The van der Waals surface area contributed by atoms with E-state index in [9.17, 15) is 0 Å². The van der Waals surface area contributed by atoms with Gasteiger partial charge in [0, 0.05) is 25.3 Å². The first kappa shape index (κ1) is 12.2. The van der Waals surface area contributed by atoms with Crippen molar-refractivity contribution in [1.29, 1.82) is 0 Å². The highest BCUT2D eigenvalue weighted by Gasteiger charge is 2.27. The van der Waals surface area contributed by atoms with Crippen LogP contribution in [0.3, 0.4) is 0 Å². The maximum absolute atomic E-state index is 5.44. The van der Waals surface area contributed by atoms with Crippen LogP contribution in [-0.2, 0) is 11.3 Å². The van der Waals surface area contributed by atoms with E-state index in [1.165, 1.54) is 24.0 Å². The summed E-state index contributed by atoms with van der Waals surface area (Å²) in [6, 6.07) is 9.10. The fourth-order valence-corrected chi connectivity index (χ4v) is 2.69. The summed E-state index contributed by atoms with van der Waals surface area (Å²) in [5.41, 5.74) is 3.21. The van der Waals surface area contributed by atoms with Gasteiger partial charge in [0.1, 0.15) is 0 Å². The molecule has 0 aromatic heterocycles. The Labute approximate surface area is 110 Å². The van der Waals surface area contributed by atoms with E-state index in [1.807, 2.05) is 0 Å². The Morgan fingerprint density at radius 1 is 1.28 bits per heavy atom. The van der Waals surface area contributed by atoms with Crippen LogP contribution < -0.4 is 5.32 Å². The highest BCUT2D eigenvalue weighted by atomic mass is 16.5. The summed E-state index contributed by atoms with van der Waals surface area (Å²) < 4.78 is 5.44. The Balaban J connectivity index is 1.60. The van der Waals surface area contributed by atoms with Crippen molar-refractivity contribution < 1.29 is 4.74 Å². The second kappa shape index (κ2) is 5.02. The van der Waals surface area contributed by atoms with Crippen molar-refractivity contribution in [2.24, 2.45) is 0 Å². The molecule has 2 fully saturated rings. The van der Waals surface area contributed by atoms with E-state index in [1.54, 1.807) is 0 Å². The lowest BCUT2D eigenvalue weighted by atomic mass is 9.92. The van der Waals surface area contributed by atoms with Gasteiger partial charge in [-0.3, -0.25) is 0 Å². The van der Waals surface area contributed by atoms with Gasteiger partial charge in [-0.1, -0.05) is 24.3 Å². The van der Waals surface area contributed by atoms with Crippen LogP contribution in [0.5, 0.6) is 0 Å². The summed E-state index contributed by atoms with van der Waals surface area (Å²) in [6.07, 6.45) is 5.00. The molecule has 1 saturated carbocycles. The van der Waals surface area contributed by atoms with Crippen LogP contribution >= 0.6 is 0 Å². The van der Waals surface area contributed by atoms with Crippen molar-refractivity contribution in [1.82, 2.24) is 5.32 Å². The molecule has 98 valence electrons. The van der Waals surface area contributed by atoms with E-state index in [-0.39, 0.29) is 5.54 Å². The summed E-state index contributed by atoms with van der Waals surface area (Å²) in [5.74, 6) is 0.851. The van der Waals surface area contributed by atoms with Crippen molar-refractivity contribution in [2.45, 2.75) is 50.6 Å². The third kappa shape index (κ3) is 2.93. The molecule has 1 aliphatic heterocycles. The van der Waals surface area contributed by atoms with Crippen LogP contribution in [0.2, 0.25) is 0 Å². The van der Waals surface area contributed by atoms with E-state index < -0.39 is 0 Å². The van der Waals surface area contributed by atoms with Crippen LogP contribution in [0.25, 0.3) is 0 Å². The zero-order valence-corrected chi connectivity index (χ0v) is 11.2. The normalized spacial score (nSPS) is 22.9. The number of hydrogen-bond acceptors (Lipinski definition) is 2. The molecule has 1 saturated heterocycles. The van der Waals surface area contributed by atoms with Crippen LogP contribution in [0.4, 0.5) is 0 Å². The first-order chi connectivity index (χ1) is 8.75. The van der Waals surface area contributed by atoms with Gasteiger partial charge >= 0.3 is 0 Å². The van der Waals surface area contributed by atoms with Crippen LogP contribution in [0.1, 0.15) is 49.7 Å². The monoisotopic (exact) mass is 245 g/mol. The molecular weight excluding hydrogens is 222 g/mol. The minimum atomic E-state index is 0.258. The minimum absolute atomic E-state index is 0.258. The van der Waals surface area contributed by atoms with Crippen molar-refractivity contribution >= 4 is 0 Å². The Morgan fingerprint density at radius 3 is 2.78 bits per heavy atom. The molecule has 0 amide bonds. The van der Waals surface area contributed by atoms with Gasteiger partial charge in [0.2, 0.25) is 0 Å². The standard InChI is InChI=1S/C16H23NO/c1-16(7-9-18-10-8-16)17-12-13-3-2-4-15(11-13)14-5-6-14/h2-4,11,14,17H,5-10,12H2,1H3. The average Bonchev–Trinajstić information content (AvgIpc) is 3.22. The van der Waals surface area contributed by atoms with E-state index in [2.05, 4.69) is 36.5 Å². The molecule has 0 atom stereocenters. The zero-order chi connectivity index (χ0) is 12.4. The summed E-state index contributed by atoms with van der Waals surface area (Å²) in [6.45, 7) is 5.09. The number of benzene rings is 1. The van der Waals surface area contributed by atoms with Crippen LogP contribution in [0, 0.1) is 0 Å².